The Morgan fingerprint density at radius 1 is 1.28 bits per heavy atom. The number of aryl methyl sites for hydroxylation is 1. The van der Waals surface area contributed by atoms with Crippen LogP contribution in [0.2, 0.25) is 0 Å². The minimum absolute atomic E-state index is 0.604. The first kappa shape index (κ1) is 15.0. The molecule has 1 aromatic carbocycles. The van der Waals surface area contributed by atoms with Gasteiger partial charge in [0.1, 0.15) is 5.75 Å². The van der Waals surface area contributed by atoms with Gasteiger partial charge < -0.3 is 10.5 Å². The molecule has 0 aliphatic heterocycles. The van der Waals surface area contributed by atoms with E-state index in [0.717, 1.165) is 38.0 Å². The van der Waals surface area contributed by atoms with Gasteiger partial charge in [0.05, 0.1) is 11.6 Å². The van der Waals surface area contributed by atoms with Crippen LogP contribution in [0.3, 0.4) is 0 Å². The molecule has 0 aliphatic carbocycles. The minimum Gasteiger partial charge on any atom is -0.493 e. The molecule has 18 heavy (non-hydrogen) atoms. The van der Waals surface area contributed by atoms with Crippen LogP contribution < -0.4 is 10.5 Å². The molecule has 100 valence electrons. The predicted molar refractivity (Wildman–Crippen MR) is 81.4 cm³/mol. The van der Waals surface area contributed by atoms with Gasteiger partial charge in [-0.15, -0.1) is 0 Å². The average Bonchev–Trinajstić information content (AvgIpc) is 2.33. The summed E-state index contributed by atoms with van der Waals surface area (Å²) >= 11 is 4.90. The maximum atomic E-state index is 5.72. The van der Waals surface area contributed by atoms with E-state index in [2.05, 4.69) is 32.9 Å². The maximum absolute atomic E-state index is 5.72. The first-order valence-corrected chi connectivity index (χ1v) is 6.97. The first-order chi connectivity index (χ1) is 8.56. The van der Waals surface area contributed by atoms with Gasteiger partial charge in [-0.1, -0.05) is 25.2 Å². The zero-order chi connectivity index (χ0) is 13.5. The second-order valence-electron chi connectivity index (χ2n) is 4.64. The normalized spacial score (nSPS) is 10.4. The van der Waals surface area contributed by atoms with Gasteiger partial charge >= 0.3 is 0 Å². The third-order valence-corrected chi connectivity index (χ3v) is 3.38. The van der Waals surface area contributed by atoms with Gasteiger partial charge in [-0.25, -0.2) is 0 Å². The zero-order valence-electron chi connectivity index (χ0n) is 11.6. The van der Waals surface area contributed by atoms with Crippen LogP contribution >= 0.6 is 12.2 Å². The van der Waals surface area contributed by atoms with E-state index in [0.29, 0.717) is 4.99 Å². The molecule has 0 amide bonds. The molecule has 0 spiro atoms. The number of hydrogen-bond donors (Lipinski definition) is 1. The molecular weight excluding hydrogens is 242 g/mol. The van der Waals surface area contributed by atoms with E-state index in [1.54, 1.807) is 0 Å². The molecule has 0 saturated carbocycles. The fourth-order valence-electron chi connectivity index (χ4n) is 1.94. The molecule has 1 rings (SSSR count). The predicted octanol–water partition coefficient (Wildman–Crippen LogP) is 3.70. The van der Waals surface area contributed by atoms with Crippen LogP contribution in [0.25, 0.3) is 0 Å². The van der Waals surface area contributed by atoms with E-state index in [1.807, 2.05) is 0 Å². The van der Waals surface area contributed by atoms with Crippen molar-refractivity contribution in [3.05, 3.63) is 28.8 Å². The van der Waals surface area contributed by atoms with Crippen LogP contribution in [0.4, 0.5) is 0 Å². The van der Waals surface area contributed by atoms with E-state index in [1.165, 1.54) is 16.7 Å². The second kappa shape index (κ2) is 7.37. The van der Waals surface area contributed by atoms with Crippen LogP contribution in [-0.2, 0) is 6.42 Å². The molecule has 0 aliphatic rings. The van der Waals surface area contributed by atoms with Gasteiger partial charge in [0.15, 0.2) is 0 Å². The molecule has 2 nitrogen and oxygen atoms in total. The SMILES string of the molecule is CCCOc1ccc(CCCC(N)=S)c(C)c1C. The van der Waals surface area contributed by atoms with E-state index in [9.17, 15) is 0 Å². The van der Waals surface area contributed by atoms with Crippen LogP contribution in [0.1, 0.15) is 42.9 Å². The van der Waals surface area contributed by atoms with Crippen molar-refractivity contribution in [2.75, 3.05) is 6.61 Å². The number of rotatable bonds is 7. The lowest BCUT2D eigenvalue weighted by atomic mass is 9.98. The first-order valence-electron chi connectivity index (χ1n) is 6.56. The summed E-state index contributed by atoms with van der Waals surface area (Å²) in [7, 11) is 0. The summed E-state index contributed by atoms with van der Waals surface area (Å²) in [6, 6.07) is 4.24. The number of hydrogen-bond acceptors (Lipinski definition) is 2. The smallest absolute Gasteiger partial charge is 0.122 e. The van der Waals surface area contributed by atoms with Crippen molar-refractivity contribution >= 4 is 17.2 Å². The lowest BCUT2D eigenvalue weighted by Crippen LogP contribution is -2.08. The molecule has 2 N–H and O–H groups in total. The highest BCUT2D eigenvalue weighted by molar-refractivity contribution is 7.80. The quantitative estimate of drug-likeness (QED) is 0.763. The molecule has 0 bridgehead atoms. The molecule has 0 aromatic heterocycles. The Labute approximate surface area is 116 Å². The highest BCUT2D eigenvalue weighted by Gasteiger charge is 2.07. The summed E-state index contributed by atoms with van der Waals surface area (Å²) in [4.78, 5) is 0.604. The molecule has 0 atom stereocenters. The van der Waals surface area contributed by atoms with Gasteiger partial charge in [-0.2, -0.15) is 0 Å². The van der Waals surface area contributed by atoms with Crippen molar-refractivity contribution in [2.24, 2.45) is 5.73 Å². The van der Waals surface area contributed by atoms with Gasteiger partial charge in [0.2, 0.25) is 0 Å². The second-order valence-corrected chi connectivity index (χ2v) is 5.17. The maximum Gasteiger partial charge on any atom is 0.122 e. The lowest BCUT2D eigenvalue weighted by Gasteiger charge is -2.14. The number of nitrogens with two attached hydrogens (primary N) is 1. The topological polar surface area (TPSA) is 35.2 Å². The van der Waals surface area contributed by atoms with Crippen LogP contribution in [0, 0.1) is 13.8 Å². The molecule has 0 heterocycles. The van der Waals surface area contributed by atoms with Crippen molar-refractivity contribution in [3.63, 3.8) is 0 Å². The van der Waals surface area contributed by atoms with Crippen molar-refractivity contribution in [2.45, 2.75) is 46.5 Å². The fourth-order valence-corrected chi connectivity index (χ4v) is 2.09. The molecule has 0 saturated heterocycles. The Morgan fingerprint density at radius 3 is 2.61 bits per heavy atom. The molecular formula is C15H23NOS. The summed E-state index contributed by atoms with van der Waals surface area (Å²) in [5.41, 5.74) is 9.46. The summed E-state index contributed by atoms with van der Waals surface area (Å²) in [5.74, 6) is 1.01. The third kappa shape index (κ3) is 4.30. The van der Waals surface area contributed by atoms with Crippen molar-refractivity contribution < 1.29 is 4.74 Å². The van der Waals surface area contributed by atoms with Gasteiger partial charge in [-0.05, 0) is 62.3 Å². The Morgan fingerprint density at radius 2 is 2.00 bits per heavy atom. The Balaban J connectivity index is 2.71. The molecule has 0 fully saturated rings. The van der Waals surface area contributed by atoms with E-state index in [4.69, 9.17) is 22.7 Å². The van der Waals surface area contributed by atoms with Gasteiger partial charge in [0, 0.05) is 0 Å². The molecule has 0 radical (unpaired) electrons. The lowest BCUT2D eigenvalue weighted by molar-refractivity contribution is 0.315. The average molecular weight is 265 g/mol. The number of benzene rings is 1. The summed E-state index contributed by atoms with van der Waals surface area (Å²) in [6.45, 7) is 7.18. The van der Waals surface area contributed by atoms with E-state index < -0.39 is 0 Å². The van der Waals surface area contributed by atoms with Crippen LogP contribution in [0.15, 0.2) is 12.1 Å². The monoisotopic (exact) mass is 265 g/mol. The highest BCUT2D eigenvalue weighted by Crippen LogP contribution is 2.25. The number of ether oxygens (including phenoxy) is 1. The minimum atomic E-state index is 0.604. The molecule has 0 unspecified atom stereocenters. The Bertz CT molecular complexity index is 415. The van der Waals surface area contributed by atoms with Crippen molar-refractivity contribution in [1.29, 1.82) is 0 Å². The molecule has 3 heteroatoms. The van der Waals surface area contributed by atoms with Crippen molar-refractivity contribution in [1.82, 2.24) is 0 Å². The number of thiocarbonyl (C=S) groups is 1. The fraction of sp³-hybridized carbons (Fsp3) is 0.533. The third-order valence-electron chi connectivity index (χ3n) is 3.18. The van der Waals surface area contributed by atoms with Gasteiger partial charge in [-0.3, -0.25) is 0 Å². The van der Waals surface area contributed by atoms with E-state index in [-0.39, 0.29) is 0 Å². The van der Waals surface area contributed by atoms with E-state index >= 15 is 0 Å². The summed E-state index contributed by atoms with van der Waals surface area (Å²) in [6.07, 6.45) is 3.90. The van der Waals surface area contributed by atoms with Gasteiger partial charge in [0.25, 0.3) is 0 Å². The standard InChI is InChI=1S/C15H23NOS/c1-4-10-17-14-9-8-13(11(2)12(14)3)6-5-7-15(16)18/h8-9H,4-7,10H2,1-3H3,(H2,16,18). The highest BCUT2D eigenvalue weighted by atomic mass is 32.1. The Kier molecular flexibility index (Phi) is 6.13. The summed E-state index contributed by atoms with van der Waals surface area (Å²) in [5, 5.41) is 0. The molecule has 1 aromatic rings. The van der Waals surface area contributed by atoms with Crippen LogP contribution in [-0.4, -0.2) is 11.6 Å². The largest absolute Gasteiger partial charge is 0.493 e. The zero-order valence-corrected chi connectivity index (χ0v) is 12.4. The summed E-state index contributed by atoms with van der Waals surface area (Å²) < 4.78 is 5.72. The Hall–Kier alpha value is -1.09. The van der Waals surface area contributed by atoms with Crippen LogP contribution in [0.5, 0.6) is 5.75 Å². The van der Waals surface area contributed by atoms with Crippen molar-refractivity contribution in [3.8, 4) is 5.75 Å².